The molecule has 1 heterocycles. The third kappa shape index (κ3) is 8.40. The predicted octanol–water partition coefficient (Wildman–Crippen LogP) is 5.49. The molecule has 0 saturated heterocycles. The standard InChI is InChI=1S/C29H36N2O5S/c1-5-6-17-35-28(32)22-36-26-10-7-9-24(18-26)21-31(37(33,34)27-11-8-16-30-19-27)20-23-12-14-25(15-13-23)29(2,3)4/h7-16,18-19H,5-6,17,20-22H2,1-4H3. The summed E-state index contributed by atoms with van der Waals surface area (Å²) < 4.78 is 39.3. The summed E-state index contributed by atoms with van der Waals surface area (Å²) in [5.74, 6) is 0.0385. The van der Waals surface area contributed by atoms with Crippen molar-refractivity contribution in [2.24, 2.45) is 0 Å². The Morgan fingerprint density at radius 1 is 0.973 bits per heavy atom. The normalized spacial score (nSPS) is 11.9. The van der Waals surface area contributed by atoms with Crippen LogP contribution in [-0.4, -0.2) is 36.9 Å². The Morgan fingerprint density at radius 3 is 2.35 bits per heavy atom. The van der Waals surface area contributed by atoms with Crippen LogP contribution >= 0.6 is 0 Å². The Hall–Kier alpha value is -3.23. The molecule has 0 fully saturated rings. The second-order valence-electron chi connectivity index (χ2n) is 9.92. The molecule has 0 aliphatic heterocycles. The van der Waals surface area contributed by atoms with Crippen LogP contribution in [0.1, 0.15) is 57.2 Å². The fraction of sp³-hybridized carbons (Fsp3) is 0.379. The number of carbonyl (C=O) groups excluding carboxylic acids is 1. The number of rotatable bonds is 12. The van der Waals surface area contributed by atoms with Gasteiger partial charge in [-0.1, -0.05) is 70.5 Å². The van der Waals surface area contributed by atoms with Gasteiger partial charge in [0.25, 0.3) is 0 Å². The molecule has 37 heavy (non-hydrogen) atoms. The second-order valence-corrected chi connectivity index (χ2v) is 11.9. The summed E-state index contributed by atoms with van der Waals surface area (Å²) in [7, 11) is -3.83. The minimum absolute atomic E-state index is 0.00284. The van der Waals surface area contributed by atoms with Gasteiger partial charge in [0.2, 0.25) is 10.0 Å². The van der Waals surface area contributed by atoms with Gasteiger partial charge in [-0.15, -0.1) is 0 Å². The molecule has 3 aromatic rings. The van der Waals surface area contributed by atoms with Crippen LogP contribution in [0.5, 0.6) is 5.75 Å². The van der Waals surface area contributed by atoms with Gasteiger partial charge in [0, 0.05) is 25.5 Å². The van der Waals surface area contributed by atoms with Crippen molar-refractivity contribution >= 4 is 16.0 Å². The van der Waals surface area contributed by atoms with Gasteiger partial charge in [-0.25, -0.2) is 13.2 Å². The third-order valence-corrected chi connectivity index (χ3v) is 7.60. The van der Waals surface area contributed by atoms with Gasteiger partial charge in [-0.2, -0.15) is 4.31 Å². The van der Waals surface area contributed by atoms with Crippen molar-refractivity contribution in [3.63, 3.8) is 0 Å². The minimum atomic E-state index is -3.83. The molecule has 198 valence electrons. The number of nitrogens with zero attached hydrogens (tertiary/aromatic N) is 2. The third-order valence-electron chi connectivity index (χ3n) is 5.83. The number of benzene rings is 2. The van der Waals surface area contributed by atoms with Crippen LogP contribution in [0.2, 0.25) is 0 Å². The largest absolute Gasteiger partial charge is 0.482 e. The number of carbonyl (C=O) groups is 1. The molecule has 0 aliphatic rings. The minimum Gasteiger partial charge on any atom is -0.482 e. The lowest BCUT2D eigenvalue weighted by Gasteiger charge is -2.24. The van der Waals surface area contributed by atoms with Crippen LogP contribution in [0.4, 0.5) is 0 Å². The summed E-state index contributed by atoms with van der Waals surface area (Å²) in [6.07, 6.45) is 4.65. The van der Waals surface area contributed by atoms with Crippen molar-refractivity contribution < 1.29 is 22.7 Å². The summed E-state index contributed by atoms with van der Waals surface area (Å²) >= 11 is 0. The Balaban J connectivity index is 1.80. The quantitative estimate of drug-likeness (QED) is 0.230. The number of ether oxygens (including phenoxy) is 2. The predicted molar refractivity (Wildman–Crippen MR) is 144 cm³/mol. The van der Waals surface area contributed by atoms with E-state index in [9.17, 15) is 13.2 Å². The van der Waals surface area contributed by atoms with E-state index in [1.165, 1.54) is 16.1 Å². The van der Waals surface area contributed by atoms with Gasteiger partial charge < -0.3 is 9.47 Å². The number of hydrogen-bond donors (Lipinski definition) is 0. The SMILES string of the molecule is CCCCOC(=O)COc1cccc(CN(Cc2ccc(C(C)(C)C)cc2)S(=O)(=O)c2cccnc2)c1. The first-order chi connectivity index (χ1) is 17.6. The molecule has 7 nitrogen and oxygen atoms in total. The number of sulfonamides is 1. The highest BCUT2D eigenvalue weighted by Gasteiger charge is 2.26. The van der Waals surface area contributed by atoms with Crippen molar-refractivity contribution in [1.82, 2.24) is 9.29 Å². The van der Waals surface area contributed by atoms with Crippen molar-refractivity contribution in [3.05, 3.63) is 89.7 Å². The molecule has 3 rings (SSSR count). The summed E-state index contributed by atoms with van der Waals surface area (Å²) in [5.41, 5.74) is 2.79. The van der Waals surface area contributed by atoms with Crippen molar-refractivity contribution in [1.29, 1.82) is 0 Å². The molecule has 0 aliphatic carbocycles. The highest BCUT2D eigenvalue weighted by molar-refractivity contribution is 7.89. The lowest BCUT2D eigenvalue weighted by molar-refractivity contribution is -0.146. The molecule has 0 atom stereocenters. The van der Waals surface area contributed by atoms with Crippen molar-refractivity contribution in [2.75, 3.05) is 13.2 Å². The fourth-order valence-electron chi connectivity index (χ4n) is 3.64. The molecule has 0 bridgehead atoms. The zero-order chi connectivity index (χ0) is 26.9. The van der Waals surface area contributed by atoms with E-state index in [0.717, 1.165) is 24.0 Å². The first-order valence-corrected chi connectivity index (χ1v) is 13.9. The van der Waals surface area contributed by atoms with Crippen LogP contribution in [0.3, 0.4) is 0 Å². The number of hydrogen-bond acceptors (Lipinski definition) is 6. The molecule has 0 amide bonds. The van der Waals surface area contributed by atoms with E-state index in [1.807, 2.05) is 37.3 Å². The Labute approximate surface area is 220 Å². The van der Waals surface area contributed by atoms with Gasteiger partial charge >= 0.3 is 5.97 Å². The lowest BCUT2D eigenvalue weighted by Crippen LogP contribution is -2.30. The van der Waals surface area contributed by atoms with E-state index in [1.54, 1.807) is 36.5 Å². The maximum atomic E-state index is 13.6. The van der Waals surface area contributed by atoms with E-state index >= 15 is 0 Å². The van der Waals surface area contributed by atoms with Crippen LogP contribution in [-0.2, 0) is 38.1 Å². The van der Waals surface area contributed by atoms with E-state index < -0.39 is 16.0 Å². The van der Waals surface area contributed by atoms with Crippen LogP contribution in [0.25, 0.3) is 0 Å². The Bertz CT molecular complexity index is 1250. The van der Waals surface area contributed by atoms with Gasteiger partial charge in [-0.05, 0) is 52.8 Å². The Morgan fingerprint density at radius 2 is 1.70 bits per heavy atom. The maximum Gasteiger partial charge on any atom is 0.344 e. The highest BCUT2D eigenvalue weighted by Crippen LogP contribution is 2.25. The van der Waals surface area contributed by atoms with Gasteiger partial charge in [0.05, 0.1) is 6.61 Å². The van der Waals surface area contributed by atoms with E-state index in [2.05, 4.69) is 25.8 Å². The molecular formula is C29H36N2O5S. The van der Waals surface area contributed by atoms with E-state index in [-0.39, 0.29) is 30.0 Å². The summed E-state index contributed by atoms with van der Waals surface area (Å²) in [4.78, 5) is 16.0. The molecule has 8 heteroatoms. The monoisotopic (exact) mass is 524 g/mol. The van der Waals surface area contributed by atoms with Crippen LogP contribution in [0, 0.1) is 0 Å². The molecular weight excluding hydrogens is 488 g/mol. The smallest absolute Gasteiger partial charge is 0.344 e. The first kappa shape index (κ1) is 28.3. The van der Waals surface area contributed by atoms with Gasteiger partial charge in [-0.3, -0.25) is 4.98 Å². The van der Waals surface area contributed by atoms with E-state index in [0.29, 0.717) is 12.4 Å². The second kappa shape index (κ2) is 12.8. The van der Waals surface area contributed by atoms with Crippen LogP contribution in [0.15, 0.2) is 78.0 Å². The fourth-order valence-corrected chi connectivity index (χ4v) is 5.02. The highest BCUT2D eigenvalue weighted by atomic mass is 32.2. The zero-order valence-electron chi connectivity index (χ0n) is 22.0. The molecule has 0 spiro atoms. The molecule has 0 radical (unpaired) electrons. The molecule has 0 saturated carbocycles. The van der Waals surface area contributed by atoms with Crippen molar-refractivity contribution in [3.8, 4) is 5.75 Å². The van der Waals surface area contributed by atoms with Crippen molar-refractivity contribution in [2.45, 2.75) is 63.9 Å². The van der Waals surface area contributed by atoms with E-state index in [4.69, 9.17) is 9.47 Å². The van der Waals surface area contributed by atoms with Gasteiger partial charge in [0.1, 0.15) is 10.6 Å². The molecule has 0 N–H and O–H groups in total. The first-order valence-electron chi connectivity index (χ1n) is 12.5. The zero-order valence-corrected chi connectivity index (χ0v) is 22.8. The molecule has 0 unspecified atom stereocenters. The topological polar surface area (TPSA) is 85.8 Å². The molecule has 2 aromatic carbocycles. The Kier molecular flexibility index (Phi) is 9.83. The van der Waals surface area contributed by atoms with Gasteiger partial charge in [0.15, 0.2) is 6.61 Å². The summed E-state index contributed by atoms with van der Waals surface area (Å²) in [5, 5.41) is 0. The number of aromatic nitrogens is 1. The van der Waals surface area contributed by atoms with Crippen LogP contribution < -0.4 is 4.74 Å². The lowest BCUT2D eigenvalue weighted by atomic mass is 9.87. The summed E-state index contributed by atoms with van der Waals surface area (Å²) in [6, 6.07) is 18.3. The number of esters is 1. The maximum absolute atomic E-state index is 13.6. The molecule has 1 aromatic heterocycles. The number of pyridine rings is 1. The number of unbranched alkanes of at least 4 members (excludes halogenated alkanes) is 1. The average molecular weight is 525 g/mol. The average Bonchev–Trinajstić information content (AvgIpc) is 2.88. The summed E-state index contributed by atoms with van der Waals surface area (Å²) in [6.45, 7) is 8.92.